The van der Waals surface area contributed by atoms with E-state index in [1.54, 1.807) is 0 Å². The van der Waals surface area contributed by atoms with Gasteiger partial charge in [-0.2, -0.15) is 0 Å². The van der Waals surface area contributed by atoms with Gasteiger partial charge >= 0.3 is 0 Å². The molecule has 0 aliphatic rings. The van der Waals surface area contributed by atoms with Crippen molar-refractivity contribution < 1.29 is 4.84 Å². The minimum absolute atomic E-state index is 0.563. The van der Waals surface area contributed by atoms with E-state index in [-0.39, 0.29) is 0 Å². The second kappa shape index (κ2) is 5.27. The van der Waals surface area contributed by atoms with Crippen molar-refractivity contribution in [2.24, 2.45) is 11.1 Å². The molecule has 10 heavy (non-hydrogen) atoms. The predicted octanol–water partition coefficient (Wildman–Crippen LogP) is 2.44. The van der Waals surface area contributed by atoms with Gasteiger partial charge in [-0.05, 0) is 19.3 Å². The first-order valence-corrected chi connectivity index (χ1v) is 3.82. The van der Waals surface area contributed by atoms with Crippen LogP contribution in [0.3, 0.4) is 0 Å². The Morgan fingerprint density at radius 3 is 2.50 bits per heavy atom. The lowest BCUT2D eigenvalue weighted by Gasteiger charge is -2.02. The Balaban J connectivity index is 3.34. The molecule has 2 nitrogen and oxygen atoms in total. The quantitative estimate of drug-likeness (QED) is 0.437. The van der Waals surface area contributed by atoms with E-state index >= 15 is 0 Å². The van der Waals surface area contributed by atoms with Gasteiger partial charge in [0.15, 0.2) is 0 Å². The van der Waals surface area contributed by atoms with E-state index in [0.717, 1.165) is 18.7 Å². The van der Waals surface area contributed by atoms with Crippen LogP contribution in [-0.4, -0.2) is 12.3 Å². The first kappa shape index (κ1) is 9.47. The summed E-state index contributed by atoms with van der Waals surface area (Å²) in [4.78, 5) is 5.04. The molecule has 0 radical (unpaired) electrons. The van der Waals surface area contributed by atoms with Gasteiger partial charge in [-0.25, -0.2) is 0 Å². The molecule has 0 aromatic rings. The molecule has 0 atom stereocenters. The number of rotatable bonds is 4. The number of nitrogens with zero attached hydrogens (tertiary/aromatic N) is 1. The van der Waals surface area contributed by atoms with Crippen molar-refractivity contribution in [2.45, 2.75) is 34.1 Å². The van der Waals surface area contributed by atoms with Crippen molar-refractivity contribution in [3.8, 4) is 0 Å². The molecule has 0 rings (SSSR count). The van der Waals surface area contributed by atoms with Crippen molar-refractivity contribution in [3.05, 3.63) is 0 Å². The van der Waals surface area contributed by atoms with Crippen LogP contribution in [0.4, 0.5) is 0 Å². The summed E-state index contributed by atoms with van der Waals surface area (Å²) < 4.78 is 0. The highest BCUT2D eigenvalue weighted by molar-refractivity contribution is 5.80. The van der Waals surface area contributed by atoms with Crippen LogP contribution in [-0.2, 0) is 4.84 Å². The molecule has 0 fully saturated rings. The lowest BCUT2D eigenvalue weighted by molar-refractivity contribution is 0.118. The molecule has 0 N–H and O–H groups in total. The van der Waals surface area contributed by atoms with Crippen molar-refractivity contribution >= 4 is 5.71 Å². The topological polar surface area (TPSA) is 21.6 Å². The number of hydrogen-bond acceptors (Lipinski definition) is 2. The van der Waals surface area contributed by atoms with Gasteiger partial charge in [0.25, 0.3) is 0 Å². The van der Waals surface area contributed by atoms with Gasteiger partial charge in [0, 0.05) is 0 Å². The molecule has 2 heteroatoms. The Kier molecular flexibility index (Phi) is 4.99. The highest BCUT2D eigenvalue weighted by Gasteiger charge is 1.91. The highest BCUT2D eigenvalue weighted by atomic mass is 16.6. The molecule has 0 saturated carbocycles. The Bertz CT molecular complexity index is 108. The van der Waals surface area contributed by atoms with Gasteiger partial charge in [-0.3, -0.25) is 0 Å². The maximum absolute atomic E-state index is 5.04. The van der Waals surface area contributed by atoms with Crippen LogP contribution >= 0.6 is 0 Å². The Morgan fingerprint density at radius 1 is 1.50 bits per heavy atom. The number of hydrogen-bond donors (Lipinski definition) is 0. The third-order valence-corrected chi connectivity index (χ3v) is 1.14. The summed E-state index contributed by atoms with van der Waals surface area (Å²) in [5, 5.41) is 3.90. The van der Waals surface area contributed by atoms with E-state index in [0.29, 0.717) is 5.92 Å². The molecular weight excluding hydrogens is 126 g/mol. The largest absolute Gasteiger partial charge is 0.396 e. The van der Waals surface area contributed by atoms with E-state index in [1.165, 1.54) is 0 Å². The number of oxime groups is 1. The summed E-state index contributed by atoms with van der Waals surface area (Å²) in [6.07, 6.45) is 0.970. The minimum atomic E-state index is 0.563. The molecule has 0 amide bonds. The summed E-state index contributed by atoms with van der Waals surface area (Å²) in [5.41, 5.74) is 1.06. The highest BCUT2D eigenvalue weighted by Crippen LogP contribution is 1.93. The molecular formula is C8H17NO. The van der Waals surface area contributed by atoms with Crippen molar-refractivity contribution in [1.29, 1.82) is 0 Å². The van der Waals surface area contributed by atoms with Crippen LogP contribution in [0.2, 0.25) is 0 Å². The summed E-state index contributed by atoms with van der Waals surface area (Å²) in [7, 11) is 0. The van der Waals surface area contributed by atoms with Gasteiger partial charge in [0.1, 0.15) is 6.61 Å². The normalized spacial score (nSPS) is 12.3. The molecule has 60 valence electrons. The fourth-order valence-electron chi connectivity index (χ4n) is 0.361. The average molecular weight is 143 g/mol. The molecule has 0 heterocycles. The van der Waals surface area contributed by atoms with Crippen molar-refractivity contribution in [2.75, 3.05) is 6.61 Å². The van der Waals surface area contributed by atoms with E-state index < -0.39 is 0 Å². The summed E-state index contributed by atoms with van der Waals surface area (Å²) in [6, 6.07) is 0. The van der Waals surface area contributed by atoms with Gasteiger partial charge in [-0.15, -0.1) is 0 Å². The van der Waals surface area contributed by atoms with Gasteiger partial charge in [-0.1, -0.05) is 25.9 Å². The van der Waals surface area contributed by atoms with Crippen LogP contribution in [0, 0.1) is 5.92 Å². The first-order valence-electron chi connectivity index (χ1n) is 3.82. The summed E-state index contributed by atoms with van der Waals surface area (Å²) in [6.45, 7) is 8.98. The van der Waals surface area contributed by atoms with E-state index in [2.05, 4.69) is 25.9 Å². The van der Waals surface area contributed by atoms with Gasteiger partial charge in [0.05, 0.1) is 5.71 Å². The first-order chi connectivity index (χ1) is 4.66. The van der Waals surface area contributed by atoms with E-state index in [4.69, 9.17) is 4.84 Å². The molecule has 0 aromatic carbocycles. The summed E-state index contributed by atoms with van der Waals surface area (Å²) >= 11 is 0. The van der Waals surface area contributed by atoms with Gasteiger partial charge in [0.2, 0.25) is 0 Å². The SMILES string of the molecule is CCC(C)=NOCC(C)C. The van der Waals surface area contributed by atoms with Crippen LogP contribution in [0.15, 0.2) is 5.16 Å². The second-order valence-electron chi connectivity index (χ2n) is 2.87. The van der Waals surface area contributed by atoms with E-state index in [1.807, 2.05) is 6.92 Å². The second-order valence-corrected chi connectivity index (χ2v) is 2.87. The molecule has 0 aliphatic carbocycles. The lowest BCUT2D eigenvalue weighted by atomic mass is 10.2. The zero-order chi connectivity index (χ0) is 7.98. The standard InChI is InChI=1S/C8H17NO/c1-5-8(4)9-10-6-7(2)3/h7H,5-6H2,1-4H3. The van der Waals surface area contributed by atoms with Crippen LogP contribution in [0.25, 0.3) is 0 Å². The molecule has 0 spiro atoms. The smallest absolute Gasteiger partial charge is 0.119 e. The fourth-order valence-corrected chi connectivity index (χ4v) is 0.361. The third kappa shape index (κ3) is 5.60. The third-order valence-electron chi connectivity index (χ3n) is 1.14. The summed E-state index contributed by atoms with van der Waals surface area (Å²) in [5.74, 6) is 0.563. The van der Waals surface area contributed by atoms with Gasteiger partial charge < -0.3 is 4.84 Å². The van der Waals surface area contributed by atoms with Crippen LogP contribution in [0.1, 0.15) is 34.1 Å². The zero-order valence-corrected chi connectivity index (χ0v) is 7.35. The average Bonchev–Trinajstić information content (AvgIpc) is 1.87. The Hall–Kier alpha value is -0.530. The Morgan fingerprint density at radius 2 is 2.10 bits per heavy atom. The lowest BCUT2D eigenvalue weighted by Crippen LogP contribution is -1.99. The molecule has 0 saturated heterocycles. The molecule has 0 aliphatic heterocycles. The van der Waals surface area contributed by atoms with Crippen molar-refractivity contribution in [1.82, 2.24) is 0 Å². The predicted molar refractivity (Wildman–Crippen MR) is 44.2 cm³/mol. The van der Waals surface area contributed by atoms with Crippen LogP contribution < -0.4 is 0 Å². The monoisotopic (exact) mass is 143 g/mol. The van der Waals surface area contributed by atoms with E-state index in [9.17, 15) is 0 Å². The maximum atomic E-state index is 5.04. The van der Waals surface area contributed by atoms with Crippen LogP contribution in [0.5, 0.6) is 0 Å². The molecule has 0 bridgehead atoms. The Labute approximate surface area is 63.3 Å². The van der Waals surface area contributed by atoms with Crippen molar-refractivity contribution in [3.63, 3.8) is 0 Å². The molecule has 0 aromatic heterocycles. The maximum Gasteiger partial charge on any atom is 0.119 e. The molecule has 0 unspecified atom stereocenters. The zero-order valence-electron chi connectivity index (χ0n) is 7.35. The minimum Gasteiger partial charge on any atom is -0.396 e. The fraction of sp³-hybridized carbons (Fsp3) is 0.875.